The van der Waals surface area contributed by atoms with Crippen LogP contribution in [0.4, 0.5) is 10.1 Å². The molecule has 0 atom stereocenters. The van der Waals surface area contributed by atoms with E-state index in [2.05, 4.69) is 42.3 Å². The Kier molecular flexibility index (Phi) is 5.19. The fourth-order valence-electron chi connectivity index (χ4n) is 2.15. The number of carbonyl (C=O) groups is 1. The van der Waals surface area contributed by atoms with Gasteiger partial charge in [-0.3, -0.25) is 9.59 Å². The van der Waals surface area contributed by atoms with Gasteiger partial charge >= 0.3 is 0 Å². The summed E-state index contributed by atoms with van der Waals surface area (Å²) in [6.07, 6.45) is 0. The fourth-order valence-corrected chi connectivity index (χ4v) is 2.75. The van der Waals surface area contributed by atoms with Crippen molar-refractivity contribution in [2.24, 2.45) is 0 Å². The highest BCUT2D eigenvalue weighted by Crippen LogP contribution is 2.21. The summed E-state index contributed by atoms with van der Waals surface area (Å²) in [5, 5.41) is 16.2. The van der Waals surface area contributed by atoms with Crippen molar-refractivity contribution < 1.29 is 14.3 Å². The molecular formula is C17H10Br2FN3O3. The first-order chi connectivity index (χ1) is 12.3. The van der Waals surface area contributed by atoms with E-state index in [-0.39, 0.29) is 5.69 Å². The molecule has 3 rings (SSSR count). The number of nitrogens with one attached hydrogen (secondary N) is 1. The quantitative estimate of drug-likeness (QED) is 0.593. The molecule has 0 aliphatic heterocycles. The Hall–Kier alpha value is -2.52. The van der Waals surface area contributed by atoms with Crippen LogP contribution < -0.4 is 10.9 Å². The van der Waals surface area contributed by atoms with Crippen molar-refractivity contribution in [1.29, 1.82) is 0 Å². The van der Waals surface area contributed by atoms with E-state index in [0.29, 0.717) is 10.2 Å². The number of halogens is 3. The molecule has 0 fully saturated rings. The second-order valence-corrected chi connectivity index (χ2v) is 7.01. The number of nitrogens with zero attached hydrogens (tertiary/aromatic N) is 2. The van der Waals surface area contributed by atoms with Crippen LogP contribution in [0.25, 0.3) is 5.69 Å². The first kappa shape index (κ1) is 18.3. The van der Waals surface area contributed by atoms with Crippen molar-refractivity contribution in [3.8, 4) is 11.4 Å². The average molecular weight is 483 g/mol. The molecule has 26 heavy (non-hydrogen) atoms. The highest BCUT2D eigenvalue weighted by Gasteiger charge is 2.18. The lowest BCUT2D eigenvalue weighted by molar-refractivity contribution is 0.101. The molecule has 132 valence electrons. The van der Waals surface area contributed by atoms with Gasteiger partial charge in [0.25, 0.3) is 11.5 Å². The molecule has 0 saturated heterocycles. The summed E-state index contributed by atoms with van der Waals surface area (Å²) in [4.78, 5) is 24.5. The number of hydrogen-bond donors (Lipinski definition) is 2. The minimum atomic E-state index is -0.852. The third kappa shape index (κ3) is 3.83. The first-order valence-corrected chi connectivity index (χ1v) is 8.79. The molecule has 3 aromatic rings. The molecule has 2 aromatic carbocycles. The van der Waals surface area contributed by atoms with Gasteiger partial charge in [0.1, 0.15) is 5.82 Å². The number of aromatic hydroxyl groups is 1. The van der Waals surface area contributed by atoms with E-state index in [4.69, 9.17) is 0 Å². The highest BCUT2D eigenvalue weighted by atomic mass is 79.9. The van der Waals surface area contributed by atoms with Crippen LogP contribution >= 0.6 is 31.9 Å². The lowest BCUT2D eigenvalue weighted by atomic mass is 10.2. The van der Waals surface area contributed by atoms with Gasteiger partial charge in [-0.1, -0.05) is 31.9 Å². The Labute approximate surface area is 163 Å². The normalized spacial score (nSPS) is 10.6. The zero-order chi connectivity index (χ0) is 18.8. The van der Waals surface area contributed by atoms with Crippen LogP contribution in [0.1, 0.15) is 10.5 Å². The van der Waals surface area contributed by atoms with Crippen molar-refractivity contribution in [2.45, 2.75) is 0 Å². The van der Waals surface area contributed by atoms with Crippen molar-refractivity contribution in [2.75, 3.05) is 5.32 Å². The summed E-state index contributed by atoms with van der Waals surface area (Å²) < 4.78 is 16.2. The van der Waals surface area contributed by atoms with Crippen LogP contribution in [0, 0.1) is 5.82 Å². The van der Waals surface area contributed by atoms with Gasteiger partial charge in [0.15, 0.2) is 11.4 Å². The molecule has 0 saturated carbocycles. The smallest absolute Gasteiger partial charge is 0.280 e. The Morgan fingerprint density at radius 3 is 2.38 bits per heavy atom. The van der Waals surface area contributed by atoms with E-state index in [1.165, 1.54) is 12.1 Å². The van der Waals surface area contributed by atoms with Crippen LogP contribution in [-0.4, -0.2) is 20.8 Å². The molecule has 0 unspecified atom stereocenters. The second kappa shape index (κ2) is 7.38. The Morgan fingerprint density at radius 1 is 1.08 bits per heavy atom. The van der Waals surface area contributed by atoms with Gasteiger partial charge in [0.2, 0.25) is 0 Å². The topological polar surface area (TPSA) is 84.2 Å². The van der Waals surface area contributed by atoms with Gasteiger partial charge in [0.05, 0.1) is 11.4 Å². The monoisotopic (exact) mass is 481 g/mol. The maximum absolute atomic E-state index is 13.9. The number of carbonyl (C=O) groups excluding carboxylic acids is 1. The number of aromatic nitrogens is 2. The standard InChI is InChI=1S/C17H10Br2FN3O3/c18-9-1-4-11(5-2-9)23-15(25)8-14(24)16(22-23)17(26)21-13-6-3-10(19)7-12(13)20/h1-8,24H,(H,21,26). The minimum absolute atomic E-state index is 0.0826. The highest BCUT2D eigenvalue weighted by molar-refractivity contribution is 9.10. The third-order valence-electron chi connectivity index (χ3n) is 3.38. The summed E-state index contributed by atoms with van der Waals surface area (Å²) in [5.74, 6) is -2.11. The number of hydrogen-bond acceptors (Lipinski definition) is 4. The lowest BCUT2D eigenvalue weighted by Crippen LogP contribution is -2.25. The van der Waals surface area contributed by atoms with Gasteiger partial charge < -0.3 is 10.4 Å². The molecule has 0 aliphatic rings. The molecule has 6 nitrogen and oxygen atoms in total. The summed E-state index contributed by atoms with van der Waals surface area (Å²) >= 11 is 6.40. The van der Waals surface area contributed by atoms with Crippen molar-refractivity contribution in [3.05, 3.63) is 79.3 Å². The maximum atomic E-state index is 13.9. The summed E-state index contributed by atoms with van der Waals surface area (Å²) in [6.45, 7) is 0. The van der Waals surface area contributed by atoms with Gasteiger partial charge in [-0.15, -0.1) is 0 Å². The molecule has 1 amide bonds. The van der Waals surface area contributed by atoms with Crippen molar-refractivity contribution in [3.63, 3.8) is 0 Å². The molecule has 0 radical (unpaired) electrons. The van der Waals surface area contributed by atoms with E-state index in [9.17, 15) is 19.1 Å². The van der Waals surface area contributed by atoms with Gasteiger partial charge in [-0.2, -0.15) is 9.78 Å². The van der Waals surface area contributed by atoms with Crippen LogP contribution in [-0.2, 0) is 0 Å². The van der Waals surface area contributed by atoms with E-state index in [0.717, 1.165) is 15.2 Å². The number of amides is 1. The van der Waals surface area contributed by atoms with Crippen molar-refractivity contribution in [1.82, 2.24) is 9.78 Å². The minimum Gasteiger partial charge on any atom is -0.505 e. The predicted molar refractivity (Wildman–Crippen MR) is 101 cm³/mol. The Balaban J connectivity index is 1.99. The Morgan fingerprint density at radius 2 is 1.73 bits per heavy atom. The SMILES string of the molecule is O=C(Nc1ccc(Br)cc1F)c1nn(-c2ccc(Br)cc2)c(=O)cc1O. The van der Waals surface area contributed by atoms with Crippen LogP contribution in [0.15, 0.2) is 62.3 Å². The first-order valence-electron chi connectivity index (χ1n) is 7.21. The fraction of sp³-hybridized carbons (Fsp3) is 0. The van der Waals surface area contributed by atoms with Crippen molar-refractivity contribution >= 4 is 43.5 Å². The van der Waals surface area contributed by atoms with E-state index >= 15 is 0 Å². The van der Waals surface area contributed by atoms with E-state index < -0.39 is 28.7 Å². The lowest BCUT2D eigenvalue weighted by Gasteiger charge is -2.10. The molecule has 1 heterocycles. The summed E-state index contributed by atoms with van der Waals surface area (Å²) in [6, 6.07) is 11.6. The molecule has 0 aliphatic carbocycles. The zero-order valence-electron chi connectivity index (χ0n) is 12.9. The third-order valence-corrected chi connectivity index (χ3v) is 4.40. The summed E-state index contributed by atoms with van der Waals surface area (Å²) in [5.41, 5.74) is -0.700. The van der Waals surface area contributed by atoms with Crippen LogP contribution in [0.5, 0.6) is 5.75 Å². The average Bonchev–Trinajstić information content (AvgIpc) is 2.58. The summed E-state index contributed by atoms with van der Waals surface area (Å²) in [7, 11) is 0. The second-order valence-electron chi connectivity index (χ2n) is 5.18. The Bertz CT molecular complexity index is 1050. The van der Waals surface area contributed by atoms with Gasteiger partial charge in [-0.05, 0) is 42.5 Å². The predicted octanol–water partition coefficient (Wildman–Crippen LogP) is 3.85. The molecule has 0 bridgehead atoms. The van der Waals surface area contributed by atoms with Gasteiger partial charge in [0, 0.05) is 15.0 Å². The molecule has 2 N–H and O–H groups in total. The van der Waals surface area contributed by atoms with E-state index in [1.807, 2.05) is 0 Å². The van der Waals surface area contributed by atoms with Gasteiger partial charge in [-0.25, -0.2) is 4.39 Å². The maximum Gasteiger partial charge on any atom is 0.280 e. The van der Waals surface area contributed by atoms with Crippen LogP contribution in [0.3, 0.4) is 0 Å². The molecule has 1 aromatic heterocycles. The molecular weight excluding hydrogens is 473 g/mol. The van der Waals surface area contributed by atoms with E-state index in [1.54, 1.807) is 30.3 Å². The molecule has 0 spiro atoms. The number of anilines is 1. The molecule has 9 heteroatoms. The zero-order valence-corrected chi connectivity index (χ0v) is 16.1. The number of rotatable bonds is 3. The number of benzene rings is 2. The largest absolute Gasteiger partial charge is 0.505 e. The van der Waals surface area contributed by atoms with Crippen LogP contribution in [0.2, 0.25) is 0 Å².